The van der Waals surface area contributed by atoms with Crippen molar-refractivity contribution in [2.45, 2.75) is 6.42 Å². The van der Waals surface area contributed by atoms with E-state index in [0.717, 1.165) is 24.1 Å². The van der Waals surface area contributed by atoms with Crippen molar-refractivity contribution < 1.29 is 31.5 Å². The maximum absolute atomic E-state index is 14.1. The Morgan fingerprint density at radius 3 is 2.57 bits per heavy atom. The van der Waals surface area contributed by atoms with Gasteiger partial charge in [-0.25, -0.2) is 22.0 Å². The van der Waals surface area contributed by atoms with E-state index >= 15 is 0 Å². The second-order valence-electron chi connectivity index (χ2n) is 5.02. The first-order valence-corrected chi connectivity index (χ1v) is 8.91. The summed E-state index contributed by atoms with van der Waals surface area (Å²) in [6.07, 6.45) is -0.206. The van der Waals surface area contributed by atoms with Crippen LogP contribution >= 0.6 is 10.7 Å². The lowest BCUT2D eigenvalue weighted by atomic mass is 10.1. The minimum Gasteiger partial charge on any atom is -0.465 e. The summed E-state index contributed by atoms with van der Waals surface area (Å²) in [7, 11) is 2.29. The molecule has 1 atom stereocenters. The van der Waals surface area contributed by atoms with Crippen molar-refractivity contribution in [3.8, 4) is 0 Å². The van der Waals surface area contributed by atoms with Crippen LogP contribution in [0.4, 0.5) is 14.5 Å². The Bertz CT molecular complexity index is 768. The maximum atomic E-state index is 14.1. The molecule has 0 N–H and O–H groups in total. The van der Waals surface area contributed by atoms with Crippen molar-refractivity contribution in [2.24, 2.45) is 5.92 Å². The molecule has 1 amide bonds. The summed E-state index contributed by atoms with van der Waals surface area (Å²) in [6.45, 7) is -0.199. The van der Waals surface area contributed by atoms with Gasteiger partial charge in [0.15, 0.2) is 0 Å². The maximum Gasteiger partial charge on any atom is 0.343 e. The van der Waals surface area contributed by atoms with Crippen LogP contribution in [0.25, 0.3) is 0 Å². The van der Waals surface area contributed by atoms with Crippen LogP contribution in [-0.4, -0.2) is 39.7 Å². The summed E-state index contributed by atoms with van der Waals surface area (Å²) >= 11 is 0. The SMILES string of the molecule is COC(=O)c1c(F)ccc(F)c1N1CC(CS(=O)(=O)Cl)CC1=O. The number of amides is 1. The second-order valence-corrected chi connectivity index (χ2v) is 7.85. The van der Waals surface area contributed by atoms with Gasteiger partial charge < -0.3 is 9.64 Å². The standard InChI is InChI=1S/C13H12ClF2NO5S/c1-22-13(19)11-8(15)2-3-9(16)12(11)17-5-7(4-10(17)18)6-23(14,20)21/h2-3,7H,4-6H2,1H3. The molecule has 1 aliphatic heterocycles. The van der Waals surface area contributed by atoms with Gasteiger partial charge in [0.05, 0.1) is 18.6 Å². The average molecular weight is 368 g/mol. The van der Waals surface area contributed by atoms with E-state index in [1.165, 1.54) is 0 Å². The Morgan fingerprint density at radius 1 is 1.39 bits per heavy atom. The largest absolute Gasteiger partial charge is 0.465 e. The van der Waals surface area contributed by atoms with E-state index in [9.17, 15) is 26.8 Å². The highest BCUT2D eigenvalue weighted by molar-refractivity contribution is 8.13. The fourth-order valence-corrected chi connectivity index (χ4v) is 3.81. The van der Waals surface area contributed by atoms with Crippen LogP contribution in [0, 0.1) is 17.6 Å². The highest BCUT2D eigenvalue weighted by atomic mass is 35.7. The van der Waals surface area contributed by atoms with E-state index in [2.05, 4.69) is 4.74 Å². The zero-order chi connectivity index (χ0) is 17.4. The van der Waals surface area contributed by atoms with E-state index in [1.807, 2.05) is 0 Å². The van der Waals surface area contributed by atoms with E-state index < -0.39 is 55.5 Å². The van der Waals surface area contributed by atoms with Crippen molar-refractivity contribution in [1.82, 2.24) is 0 Å². The third-order valence-corrected chi connectivity index (χ3v) is 4.62. The molecule has 1 fully saturated rings. The fourth-order valence-electron chi connectivity index (χ4n) is 2.49. The second kappa shape index (κ2) is 6.40. The molecule has 1 heterocycles. The fraction of sp³-hybridized carbons (Fsp3) is 0.385. The van der Waals surface area contributed by atoms with Gasteiger partial charge in [-0.15, -0.1) is 0 Å². The minimum absolute atomic E-state index is 0.199. The van der Waals surface area contributed by atoms with Gasteiger partial charge in [-0.3, -0.25) is 4.79 Å². The number of benzene rings is 1. The van der Waals surface area contributed by atoms with Gasteiger partial charge in [0.25, 0.3) is 0 Å². The van der Waals surface area contributed by atoms with Crippen molar-refractivity contribution >= 4 is 37.3 Å². The van der Waals surface area contributed by atoms with Gasteiger partial charge >= 0.3 is 5.97 Å². The molecule has 2 rings (SSSR count). The van der Waals surface area contributed by atoms with Gasteiger partial charge in [0.2, 0.25) is 15.0 Å². The van der Waals surface area contributed by atoms with E-state index in [-0.39, 0.29) is 13.0 Å². The molecular weight excluding hydrogens is 356 g/mol. The number of carbonyl (C=O) groups excluding carboxylic acids is 2. The molecule has 1 aliphatic rings. The molecule has 1 aromatic carbocycles. The zero-order valence-electron chi connectivity index (χ0n) is 11.9. The van der Waals surface area contributed by atoms with E-state index in [0.29, 0.717) is 0 Å². The van der Waals surface area contributed by atoms with Crippen LogP contribution in [0.5, 0.6) is 0 Å². The molecule has 0 spiro atoms. The van der Waals surface area contributed by atoms with Crippen molar-refractivity contribution in [3.05, 3.63) is 29.3 Å². The lowest BCUT2D eigenvalue weighted by Gasteiger charge is -2.20. The van der Waals surface area contributed by atoms with Crippen LogP contribution in [0.3, 0.4) is 0 Å². The van der Waals surface area contributed by atoms with E-state index in [1.54, 1.807) is 0 Å². The van der Waals surface area contributed by atoms with Gasteiger partial charge in [0, 0.05) is 29.6 Å². The molecule has 1 aromatic rings. The van der Waals surface area contributed by atoms with Crippen LogP contribution in [0.2, 0.25) is 0 Å². The van der Waals surface area contributed by atoms with Crippen LogP contribution < -0.4 is 4.90 Å². The predicted molar refractivity (Wildman–Crippen MR) is 77.8 cm³/mol. The molecule has 0 aromatic heterocycles. The number of hydrogen-bond acceptors (Lipinski definition) is 5. The number of ether oxygens (including phenoxy) is 1. The number of hydrogen-bond donors (Lipinski definition) is 0. The molecule has 0 bridgehead atoms. The zero-order valence-corrected chi connectivity index (χ0v) is 13.5. The minimum atomic E-state index is -3.85. The number of halogens is 3. The number of rotatable bonds is 4. The smallest absolute Gasteiger partial charge is 0.343 e. The summed E-state index contributed by atoms with van der Waals surface area (Å²) < 4.78 is 54.6. The highest BCUT2D eigenvalue weighted by Crippen LogP contribution is 2.33. The molecule has 0 saturated carbocycles. The number of carbonyl (C=O) groups is 2. The Balaban J connectivity index is 2.44. The first-order valence-electron chi connectivity index (χ1n) is 6.43. The van der Waals surface area contributed by atoms with Gasteiger partial charge in [-0.2, -0.15) is 0 Å². The molecule has 0 radical (unpaired) electrons. The lowest BCUT2D eigenvalue weighted by Crippen LogP contribution is -2.29. The number of esters is 1. The van der Waals surface area contributed by atoms with Crippen molar-refractivity contribution in [3.63, 3.8) is 0 Å². The van der Waals surface area contributed by atoms with Crippen molar-refractivity contribution in [2.75, 3.05) is 24.3 Å². The molecule has 6 nitrogen and oxygen atoms in total. The van der Waals surface area contributed by atoms with Crippen LogP contribution in [0.1, 0.15) is 16.8 Å². The first-order chi connectivity index (χ1) is 10.6. The van der Waals surface area contributed by atoms with Gasteiger partial charge in [0.1, 0.15) is 17.2 Å². The van der Waals surface area contributed by atoms with Gasteiger partial charge in [-0.05, 0) is 12.1 Å². The van der Waals surface area contributed by atoms with Gasteiger partial charge in [-0.1, -0.05) is 0 Å². The summed E-state index contributed by atoms with van der Waals surface area (Å²) in [5, 5.41) is 0. The Morgan fingerprint density at radius 2 is 2.00 bits per heavy atom. The molecule has 126 valence electrons. The normalized spacial score (nSPS) is 18.3. The number of nitrogens with zero attached hydrogens (tertiary/aromatic N) is 1. The quantitative estimate of drug-likeness (QED) is 0.597. The summed E-state index contributed by atoms with van der Waals surface area (Å²) in [5.74, 6) is -4.98. The molecule has 10 heteroatoms. The summed E-state index contributed by atoms with van der Waals surface area (Å²) in [5.41, 5.74) is -1.27. The topological polar surface area (TPSA) is 80.8 Å². The Kier molecular flexibility index (Phi) is 4.90. The molecule has 23 heavy (non-hydrogen) atoms. The summed E-state index contributed by atoms with van der Waals surface area (Å²) in [6, 6.07) is 1.52. The van der Waals surface area contributed by atoms with E-state index in [4.69, 9.17) is 10.7 Å². The molecular formula is C13H12ClF2NO5S. The molecule has 1 unspecified atom stereocenters. The Hall–Kier alpha value is -1.74. The Labute approximate surface area is 135 Å². The monoisotopic (exact) mass is 367 g/mol. The number of anilines is 1. The van der Waals surface area contributed by atoms with Crippen LogP contribution in [-0.2, 0) is 18.6 Å². The summed E-state index contributed by atoms with van der Waals surface area (Å²) in [4.78, 5) is 24.6. The number of methoxy groups -OCH3 is 1. The third-order valence-electron chi connectivity index (χ3n) is 3.38. The van der Waals surface area contributed by atoms with Crippen molar-refractivity contribution in [1.29, 1.82) is 0 Å². The first kappa shape index (κ1) is 17.6. The highest BCUT2D eigenvalue weighted by Gasteiger charge is 2.37. The molecule has 0 aliphatic carbocycles. The third kappa shape index (κ3) is 3.78. The molecule has 1 saturated heterocycles. The average Bonchev–Trinajstić information content (AvgIpc) is 2.78. The predicted octanol–water partition coefficient (Wildman–Crippen LogP) is 1.67. The van der Waals surface area contributed by atoms with Crippen LogP contribution in [0.15, 0.2) is 12.1 Å². The lowest BCUT2D eigenvalue weighted by molar-refractivity contribution is -0.117.